The lowest BCUT2D eigenvalue weighted by atomic mass is 10.4. The molecule has 0 spiro atoms. The summed E-state index contributed by atoms with van der Waals surface area (Å²) in [5.41, 5.74) is 0. The summed E-state index contributed by atoms with van der Waals surface area (Å²) in [5, 5.41) is 0. The highest BCUT2D eigenvalue weighted by molar-refractivity contribution is 8.21. The maximum atomic E-state index is 2.45. The predicted molar refractivity (Wildman–Crippen MR) is 79.9 cm³/mol. The van der Waals surface area contributed by atoms with Gasteiger partial charge in [-0.05, 0) is 40.2 Å². The zero-order chi connectivity index (χ0) is 12.6. The Hall–Kier alpha value is 0.0400. The van der Waals surface area contributed by atoms with Crippen LogP contribution in [0.25, 0.3) is 0 Å². The first-order valence-electron chi connectivity index (χ1n) is 6.02. The van der Waals surface area contributed by atoms with Crippen LogP contribution >= 0.6 is 23.5 Å². The Morgan fingerprint density at radius 1 is 0.750 bits per heavy atom. The van der Waals surface area contributed by atoms with Gasteiger partial charge in [-0.3, -0.25) is 0 Å². The molecule has 0 fully saturated rings. The highest BCUT2D eigenvalue weighted by atomic mass is 32.2. The van der Waals surface area contributed by atoms with E-state index in [0.717, 1.165) is 26.2 Å². The maximum Gasteiger partial charge on any atom is 0.124 e. The van der Waals surface area contributed by atoms with Crippen LogP contribution in [0.4, 0.5) is 0 Å². The van der Waals surface area contributed by atoms with Gasteiger partial charge in [0.15, 0.2) is 0 Å². The molecular weight excluding hydrogens is 236 g/mol. The van der Waals surface area contributed by atoms with Crippen LogP contribution in [0.2, 0.25) is 0 Å². The second-order valence-corrected chi connectivity index (χ2v) is 5.26. The van der Waals surface area contributed by atoms with Gasteiger partial charge in [0.1, 0.15) is 5.82 Å². The number of hydrogen-bond donors (Lipinski definition) is 0. The Labute approximate surface area is 110 Å². The molecule has 0 atom stereocenters. The van der Waals surface area contributed by atoms with Gasteiger partial charge >= 0.3 is 0 Å². The molecule has 96 valence electrons. The standard InChI is InChI=1S/C12H26N2S2/c1-7-13(8-2)11(12(15-5)16-6)14(9-3)10-4/h7-10H2,1-6H3. The van der Waals surface area contributed by atoms with Crippen LogP contribution in [0.5, 0.6) is 0 Å². The van der Waals surface area contributed by atoms with Crippen LogP contribution in [0.3, 0.4) is 0 Å². The molecule has 0 aliphatic heterocycles. The Kier molecular flexibility index (Phi) is 9.13. The summed E-state index contributed by atoms with van der Waals surface area (Å²) in [5.74, 6) is 1.41. The topological polar surface area (TPSA) is 6.48 Å². The normalized spacial score (nSPS) is 10.1. The SMILES string of the molecule is CCN(CC)C(=C(SC)SC)N(CC)CC. The van der Waals surface area contributed by atoms with Crippen LogP contribution in [-0.2, 0) is 0 Å². The molecule has 0 aromatic carbocycles. The molecule has 0 heterocycles. The number of thioether (sulfide) groups is 2. The molecule has 0 aromatic rings. The van der Waals surface area contributed by atoms with Gasteiger partial charge in [-0.25, -0.2) is 0 Å². The largest absolute Gasteiger partial charge is 0.357 e. The van der Waals surface area contributed by atoms with E-state index in [0.29, 0.717) is 0 Å². The van der Waals surface area contributed by atoms with Crippen molar-refractivity contribution in [3.05, 3.63) is 10.1 Å². The average Bonchev–Trinajstić information content (AvgIpc) is 2.33. The molecule has 0 rings (SSSR count). The minimum absolute atomic E-state index is 1.08. The molecule has 0 radical (unpaired) electrons. The second kappa shape index (κ2) is 9.11. The Morgan fingerprint density at radius 3 is 1.25 bits per heavy atom. The Bertz CT molecular complexity index is 189. The summed E-state index contributed by atoms with van der Waals surface area (Å²) in [6, 6.07) is 0. The van der Waals surface area contributed by atoms with Gasteiger partial charge in [-0.2, -0.15) is 0 Å². The molecule has 2 nitrogen and oxygen atoms in total. The summed E-state index contributed by atoms with van der Waals surface area (Å²) in [6.45, 7) is 13.2. The van der Waals surface area contributed by atoms with Crippen molar-refractivity contribution in [3.8, 4) is 0 Å². The molecular formula is C12H26N2S2. The minimum atomic E-state index is 1.08. The van der Waals surface area contributed by atoms with Crippen LogP contribution < -0.4 is 0 Å². The summed E-state index contributed by atoms with van der Waals surface area (Å²) < 4.78 is 1.42. The lowest BCUT2D eigenvalue weighted by Gasteiger charge is -2.35. The minimum Gasteiger partial charge on any atom is -0.357 e. The molecule has 0 aliphatic rings. The van der Waals surface area contributed by atoms with Gasteiger partial charge in [-0.15, -0.1) is 23.5 Å². The van der Waals surface area contributed by atoms with E-state index in [1.807, 2.05) is 23.5 Å². The Morgan fingerprint density at radius 2 is 1.06 bits per heavy atom. The lowest BCUT2D eigenvalue weighted by Crippen LogP contribution is -2.36. The van der Waals surface area contributed by atoms with Gasteiger partial charge in [0, 0.05) is 26.2 Å². The van der Waals surface area contributed by atoms with E-state index < -0.39 is 0 Å². The second-order valence-electron chi connectivity index (χ2n) is 3.36. The number of rotatable bonds is 8. The highest BCUT2D eigenvalue weighted by Gasteiger charge is 2.16. The van der Waals surface area contributed by atoms with E-state index in [1.165, 1.54) is 10.1 Å². The molecule has 0 saturated heterocycles. The monoisotopic (exact) mass is 262 g/mol. The van der Waals surface area contributed by atoms with E-state index in [4.69, 9.17) is 0 Å². The van der Waals surface area contributed by atoms with E-state index in [2.05, 4.69) is 50.0 Å². The van der Waals surface area contributed by atoms with E-state index >= 15 is 0 Å². The van der Waals surface area contributed by atoms with Gasteiger partial charge in [0.05, 0.1) is 4.24 Å². The van der Waals surface area contributed by atoms with Crippen molar-refractivity contribution >= 4 is 23.5 Å². The first-order chi connectivity index (χ1) is 7.69. The zero-order valence-electron chi connectivity index (χ0n) is 11.5. The first kappa shape index (κ1) is 16.0. The molecule has 0 amide bonds. The van der Waals surface area contributed by atoms with Crippen LogP contribution in [-0.4, -0.2) is 48.5 Å². The summed E-state index contributed by atoms with van der Waals surface area (Å²) in [4.78, 5) is 4.91. The zero-order valence-corrected chi connectivity index (χ0v) is 13.2. The lowest BCUT2D eigenvalue weighted by molar-refractivity contribution is 0.235. The average molecular weight is 262 g/mol. The van der Waals surface area contributed by atoms with Crippen molar-refractivity contribution < 1.29 is 0 Å². The van der Waals surface area contributed by atoms with E-state index in [-0.39, 0.29) is 0 Å². The van der Waals surface area contributed by atoms with Crippen LogP contribution in [0, 0.1) is 0 Å². The maximum absolute atomic E-state index is 2.45. The quantitative estimate of drug-likeness (QED) is 0.660. The van der Waals surface area contributed by atoms with Crippen molar-refractivity contribution in [2.24, 2.45) is 0 Å². The smallest absolute Gasteiger partial charge is 0.124 e. The fraction of sp³-hybridized carbons (Fsp3) is 0.833. The van der Waals surface area contributed by atoms with Crippen molar-refractivity contribution in [3.63, 3.8) is 0 Å². The van der Waals surface area contributed by atoms with Crippen molar-refractivity contribution in [2.45, 2.75) is 27.7 Å². The van der Waals surface area contributed by atoms with Crippen LogP contribution in [0.1, 0.15) is 27.7 Å². The summed E-state index contributed by atoms with van der Waals surface area (Å²) >= 11 is 3.71. The molecule has 0 bridgehead atoms. The van der Waals surface area contributed by atoms with Gasteiger partial charge < -0.3 is 9.80 Å². The molecule has 0 unspecified atom stereocenters. The molecule has 0 aromatic heterocycles. The van der Waals surface area contributed by atoms with Gasteiger partial charge in [-0.1, -0.05) is 0 Å². The number of hydrogen-bond acceptors (Lipinski definition) is 4. The molecule has 4 heteroatoms. The van der Waals surface area contributed by atoms with Crippen molar-refractivity contribution in [1.82, 2.24) is 9.80 Å². The molecule has 0 N–H and O–H groups in total. The molecule has 0 saturated carbocycles. The van der Waals surface area contributed by atoms with Gasteiger partial charge in [0.25, 0.3) is 0 Å². The fourth-order valence-electron chi connectivity index (χ4n) is 1.77. The predicted octanol–water partition coefficient (Wildman–Crippen LogP) is 3.52. The van der Waals surface area contributed by atoms with E-state index in [1.54, 1.807) is 0 Å². The van der Waals surface area contributed by atoms with Gasteiger partial charge in [0.2, 0.25) is 0 Å². The van der Waals surface area contributed by atoms with Crippen molar-refractivity contribution in [1.29, 1.82) is 0 Å². The Balaban J connectivity index is 5.23. The fourth-order valence-corrected chi connectivity index (χ4v) is 3.32. The third-order valence-electron chi connectivity index (χ3n) is 2.68. The summed E-state index contributed by atoms with van der Waals surface area (Å²) in [7, 11) is 0. The third kappa shape index (κ3) is 4.13. The van der Waals surface area contributed by atoms with E-state index in [9.17, 15) is 0 Å². The molecule has 16 heavy (non-hydrogen) atoms. The summed E-state index contributed by atoms with van der Waals surface area (Å²) in [6.07, 6.45) is 4.33. The third-order valence-corrected chi connectivity index (χ3v) is 4.79. The van der Waals surface area contributed by atoms with Crippen molar-refractivity contribution in [2.75, 3.05) is 38.7 Å². The van der Waals surface area contributed by atoms with Crippen LogP contribution in [0.15, 0.2) is 10.1 Å². The first-order valence-corrected chi connectivity index (χ1v) is 8.46. The number of nitrogens with zero attached hydrogens (tertiary/aromatic N) is 2. The molecule has 0 aliphatic carbocycles. The highest BCUT2D eigenvalue weighted by Crippen LogP contribution is 2.31.